The molecule has 2 heterocycles. The number of nitrogens with zero attached hydrogens (tertiary/aromatic N) is 3. The van der Waals surface area contributed by atoms with E-state index in [1.54, 1.807) is 11.8 Å². The van der Waals surface area contributed by atoms with Gasteiger partial charge in [-0.3, -0.25) is 14.6 Å². The minimum atomic E-state index is -4.51. The Morgan fingerprint density at radius 2 is 1.97 bits per heavy atom. The number of benzene rings is 2. The number of amides is 1. The summed E-state index contributed by atoms with van der Waals surface area (Å²) in [6.45, 7) is 3.66. The average Bonchev–Trinajstić information content (AvgIpc) is 3.22. The first-order chi connectivity index (χ1) is 15.3. The highest BCUT2D eigenvalue weighted by molar-refractivity contribution is 7.98. The monoisotopic (exact) mass is 517 g/mol. The Balaban J connectivity index is 0.00000306. The number of thioether (sulfide) groups is 1. The van der Waals surface area contributed by atoms with Crippen molar-refractivity contribution in [3.63, 3.8) is 0 Å². The fourth-order valence-electron chi connectivity index (χ4n) is 3.47. The zero-order chi connectivity index (χ0) is 22.7. The van der Waals surface area contributed by atoms with Gasteiger partial charge in [-0.25, -0.2) is 4.98 Å². The molecule has 0 radical (unpaired) electrons. The van der Waals surface area contributed by atoms with E-state index in [0.29, 0.717) is 31.4 Å². The third kappa shape index (κ3) is 6.19. The summed E-state index contributed by atoms with van der Waals surface area (Å²) in [5.74, 6) is -0.492. The molecule has 0 spiro atoms. The largest absolute Gasteiger partial charge is 0.416 e. The van der Waals surface area contributed by atoms with Gasteiger partial charge in [0.2, 0.25) is 0 Å². The lowest BCUT2D eigenvalue weighted by Crippen LogP contribution is -2.43. The van der Waals surface area contributed by atoms with Gasteiger partial charge in [0.15, 0.2) is 5.13 Å². The lowest BCUT2D eigenvalue weighted by atomic mass is 10.1. The fourth-order valence-corrected chi connectivity index (χ4v) is 5.01. The van der Waals surface area contributed by atoms with E-state index in [2.05, 4.69) is 9.88 Å². The maximum absolute atomic E-state index is 13.4. The van der Waals surface area contributed by atoms with Gasteiger partial charge in [-0.1, -0.05) is 17.4 Å². The van der Waals surface area contributed by atoms with Crippen molar-refractivity contribution in [3.8, 4) is 0 Å². The second-order valence-corrected chi connectivity index (χ2v) is 9.21. The molecule has 33 heavy (non-hydrogen) atoms. The van der Waals surface area contributed by atoms with Gasteiger partial charge < -0.3 is 4.74 Å². The SMILES string of the molecule is CSc1ccc2nc(N(CCN3CCOCC3)C(=O)c3cccc(C(F)(F)F)c3)sc2c1.Cl. The van der Waals surface area contributed by atoms with Crippen LogP contribution in [-0.4, -0.2) is 61.4 Å². The molecule has 1 aliphatic rings. The second-order valence-electron chi connectivity index (χ2n) is 7.32. The lowest BCUT2D eigenvalue weighted by Gasteiger charge is -2.29. The highest BCUT2D eigenvalue weighted by Gasteiger charge is 2.32. The molecular formula is C22H23ClF3N3O2S2. The number of halogens is 4. The lowest BCUT2D eigenvalue weighted by molar-refractivity contribution is -0.137. The molecule has 0 bridgehead atoms. The Morgan fingerprint density at radius 3 is 2.67 bits per heavy atom. The van der Waals surface area contributed by atoms with Crippen LogP contribution in [0.4, 0.5) is 18.3 Å². The quantitative estimate of drug-likeness (QED) is 0.408. The normalized spacial score (nSPS) is 14.8. The molecule has 0 aliphatic carbocycles. The van der Waals surface area contributed by atoms with Crippen LogP contribution in [0.1, 0.15) is 15.9 Å². The molecule has 4 rings (SSSR count). The van der Waals surface area contributed by atoms with Crippen LogP contribution in [0, 0.1) is 0 Å². The van der Waals surface area contributed by atoms with Crippen molar-refractivity contribution in [1.82, 2.24) is 9.88 Å². The van der Waals surface area contributed by atoms with Crippen LogP contribution in [0.25, 0.3) is 10.2 Å². The third-order valence-electron chi connectivity index (χ3n) is 5.24. The van der Waals surface area contributed by atoms with Crippen molar-refractivity contribution < 1.29 is 22.7 Å². The number of ether oxygens (including phenoxy) is 1. The van der Waals surface area contributed by atoms with Gasteiger partial charge in [0.25, 0.3) is 5.91 Å². The number of carbonyl (C=O) groups excluding carboxylic acids is 1. The molecule has 1 aromatic heterocycles. The number of rotatable bonds is 6. The number of fused-ring (bicyclic) bond motifs is 1. The van der Waals surface area contributed by atoms with Crippen molar-refractivity contribution in [1.29, 1.82) is 0 Å². The van der Waals surface area contributed by atoms with Crippen LogP contribution >= 0.6 is 35.5 Å². The van der Waals surface area contributed by atoms with E-state index >= 15 is 0 Å². The van der Waals surface area contributed by atoms with Crippen molar-refractivity contribution in [2.45, 2.75) is 11.1 Å². The van der Waals surface area contributed by atoms with Crippen molar-refractivity contribution >= 4 is 56.8 Å². The molecule has 5 nitrogen and oxygen atoms in total. The Kier molecular flexibility index (Phi) is 8.63. The molecule has 0 unspecified atom stereocenters. The molecule has 178 valence electrons. The third-order valence-corrected chi connectivity index (χ3v) is 7.01. The zero-order valence-electron chi connectivity index (χ0n) is 17.8. The molecule has 11 heteroatoms. The fraction of sp³-hybridized carbons (Fsp3) is 0.364. The Bertz CT molecular complexity index is 1100. The summed E-state index contributed by atoms with van der Waals surface area (Å²) in [5, 5.41) is 0.480. The molecule has 0 saturated carbocycles. The number of hydrogen-bond acceptors (Lipinski definition) is 6. The van der Waals surface area contributed by atoms with E-state index in [4.69, 9.17) is 4.74 Å². The summed E-state index contributed by atoms with van der Waals surface area (Å²) >= 11 is 2.98. The second kappa shape index (κ2) is 11.1. The van der Waals surface area contributed by atoms with Crippen molar-refractivity contribution in [2.24, 2.45) is 0 Å². The first kappa shape index (κ1) is 25.8. The number of alkyl halides is 3. The van der Waals surface area contributed by atoms with Crippen molar-refractivity contribution in [2.75, 3.05) is 50.5 Å². The van der Waals surface area contributed by atoms with E-state index in [0.717, 1.165) is 40.3 Å². The minimum Gasteiger partial charge on any atom is -0.379 e. The molecule has 1 saturated heterocycles. The van der Waals surface area contributed by atoms with Crippen LogP contribution in [-0.2, 0) is 10.9 Å². The molecule has 0 atom stereocenters. The van der Waals surface area contributed by atoms with Gasteiger partial charge >= 0.3 is 6.18 Å². The topological polar surface area (TPSA) is 45.7 Å². The van der Waals surface area contributed by atoms with Gasteiger partial charge in [0, 0.05) is 36.6 Å². The number of aromatic nitrogens is 1. The molecular weight excluding hydrogens is 495 g/mol. The van der Waals surface area contributed by atoms with Gasteiger partial charge in [-0.2, -0.15) is 13.2 Å². The number of hydrogen-bond donors (Lipinski definition) is 0. The zero-order valence-corrected chi connectivity index (χ0v) is 20.3. The molecule has 1 fully saturated rings. The van der Waals surface area contributed by atoms with E-state index in [1.165, 1.54) is 28.4 Å². The summed E-state index contributed by atoms with van der Waals surface area (Å²) < 4.78 is 45.9. The van der Waals surface area contributed by atoms with Gasteiger partial charge in [-0.15, -0.1) is 24.2 Å². The Morgan fingerprint density at radius 1 is 1.21 bits per heavy atom. The number of thiazole rings is 1. The highest BCUT2D eigenvalue weighted by atomic mass is 35.5. The van der Waals surface area contributed by atoms with Gasteiger partial charge in [0.1, 0.15) is 0 Å². The summed E-state index contributed by atoms with van der Waals surface area (Å²) in [6, 6.07) is 10.4. The van der Waals surface area contributed by atoms with Crippen LogP contribution in [0.5, 0.6) is 0 Å². The van der Waals surface area contributed by atoms with Crippen LogP contribution < -0.4 is 4.90 Å². The summed E-state index contributed by atoms with van der Waals surface area (Å²) in [4.78, 5) is 22.7. The Labute approximate surface area is 204 Å². The molecule has 1 amide bonds. The van der Waals surface area contributed by atoms with Gasteiger partial charge in [0.05, 0.1) is 29.0 Å². The predicted molar refractivity (Wildman–Crippen MR) is 129 cm³/mol. The van der Waals surface area contributed by atoms with Crippen LogP contribution in [0.2, 0.25) is 0 Å². The molecule has 1 aliphatic heterocycles. The predicted octanol–water partition coefficient (Wildman–Crippen LogP) is 5.44. The number of anilines is 1. The maximum Gasteiger partial charge on any atom is 0.416 e. The summed E-state index contributed by atoms with van der Waals surface area (Å²) in [5.41, 5.74) is -0.0905. The van der Waals surface area contributed by atoms with Crippen LogP contribution in [0.15, 0.2) is 47.4 Å². The number of morpholine rings is 1. The van der Waals surface area contributed by atoms with Crippen molar-refractivity contribution in [3.05, 3.63) is 53.6 Å². The van der Waals surface area contributed by atoms with E-state index in [9.17, 15) is 18.0 Å². The smallest absolute Gasteiger partial charge is 0.379 e. The highest BCUT2D eigenvalue weighted by Crippen LogP contribution is 2.33. The first-order valence-corrected chi connectivity index (χ1v) is 12.1. The summed E-state index contributed by atoms with van der Waals surface area (Å²) in [7, 11) is 0. The molecule has 2 aromatic carbocycles. The standard InChI is InChI=1S/C22H22F3N3O2S2.ClH/c1-31-17-5-6-18-19(14-17)32-21(26-18)28(8-7-27-9-11-30-12-10-27)20(29)15-3-2-4-16(13-15)22(23,24)25;/h2-6,13-14H,7-12H2,1H3;1H. The minimum absolute atomic E-state index is 0. The van der Waals surface area contributed by atoms with E-state index in [1.807, 2.05) is 24.5 Å². The number of carbonyl (C=O) groups is 1. The Hall–Kier alpha value is -1.85. The average molecular weight is 518 g/mol. The van der Waals surface area contributed by atoms with E-state index < -0.39 is 17.6 Å². The first-order valence-electron chi connectivity index (χ1n) is 10.1. The molecule has 3 aromatic rings. The van der Waals surface area contributed by atoms with Gasteiger partial charge in [-0.05, 0) is 42.7 Å². The summed E-state index contributed by atoms with van der Waals surface area (Å²) in [6.07, 6.45) is -2.53. The van der Waals surface area contributed by atoms with Crippen LogP contribution in [0.3, 0.4) is 0 Å². The van der Waals surface area contributed by atoms with E-state index in [-0.39, 0.29) is 18.0 Å². The molecule has 0 N–H and O–H groups in total. The maximum atomic E-state index is 13.4.